The van der Waals surface area contributed by atoms with Crippen molar-refractivity contribution in [2.75, 3.05) is 17.2 Å². The van der Waals surface area contributed by atoms with Gasteiger partial charge in [0.25, 0.3) is 0 Å². The number of carbonyl (C=O) groups is 2. The quantitative estimate of drug-likeness (QED) is 0.746. The summed E-state index contributed by atoms with van der Waals surface area (Å²) in [5.74, 6) is -0.194. The standard InChI is InChI=1S/C12H13NO3S/c1-3-13-10-5-4-9(8(2)14)6-11(10)17(16)7-12(13)15/h4-6H,3,7H2,1-2H3. The molecule has 0 spiro atoms. The fraction of sp³-hybridized carbons (Fsp3) is 0.333. The van der Waals surface area contributed by atoms with Crippen molar-refractivity contribution >= 4 is 28.2 Å². The third-order valence-corrected chi connectivity index (χ3v) is 4.10. The van der Waals surface area contributed by atoms with Crippen LogP contribution in [0.15, 0.2) is 23.1 Å². The lowest BCUT2D eigenvalue weighted by molar-refractivity contribution is -0.116. The van der Waals surface area contributed by atoms with Crippen LogP contribution in [0.5, 0.6) is 0 Å². The molecule has 1 unspecified atom stereocenters. The molecule has 0 N–H and O–H groups in total. The Kier molecular flexibility index (Phi) is 3.11. The van der Waals surface area contributed by atoms with Crippen molar-refractivity contribution in [3.63, 3.8) is 0 Å². The van der Waals surface area contributed by atoms with Gasteiger partial charge in [0, 0.05) is 12.1 Å². The van der Waals surface area contributed by atoms with Crippen molar-refractivity contribution in [3.05, 3.63) is 23.8 Å². The first-order chi connectivity index (χ1) is 8.04. The highest BCUT2D eigenvalue weighted by Crippen LogP contribution is 2.29. The molecule has 1 atom stereocenters. The number of Topliss-reactive ketones (excluding diaryl/α,β-unsaturated/α-hetero) is 1. The highest BCUT2D eigenvalue weighted by molar-refractivity contribution is 7.86. The number of hydrogen-bond acceptors (Lipinski definition) is 3. The van der Waals surface area contributed by atoms with Gasteiger partial charge < -0.3 is 4.90 Å². The first kappa shape index (κ1) is 12.0. The first-order valence-corrected chi connectivity index (χ1v) is 6.70. The SMILES string of the molecule is CCN1C(=O)CS(=O)c2cc(C(C)=O)ccc21. The predicted octanol–water partition coefficient (Wildman–Crippen LogP) is 1.36. The van der Waals surface area contributed by atoms with E-state index in [1.807, 2.05) is 6.92 Å². The number of hydrogen-bond donors (Lipinski definition) is 0. The van der Waals surface area contributed by atoms with Crippen molar-refractivity contribution in [2.45, 2.75) is 18.7 Å². The minimum absolute atomic E-state index is 0.00218. The van der Waals surface area contributed by atoms with Crippen molar-refractivity contribution in [3.8, 4) is 0 Å². The summed E-state index contributed by atoms with van der Waals surface area (Å²) in [7, 11) is -1.34. The van der Waals surface area contributed by atoms with Gasteiger partial charge in [-0.1, -0.05) is 0 Å². The largest absolute Gasteiger partial charge is 0.311 e. The van der Waals surface area contributed by atoms with E-state index >= 15 is 0 Å². The molecule has 0 fully saturated rings. The van der Waals surface area contributed by atoms with Crippen LogP contribution in [-0.2, 0) is 15.6 Å². The maximum atomic E-state index is 11.9. The maximum absolute atomic E-state index is 11.9. The molecule has 1 amide bonds. The Morgan fingerprint density at radius 1 is 1.47 bits per heavy atom. The second-order valence-corrected chi connectivity index (χ2v) is 5.29. The molecule has 90 valence electrons. The molecule has 0 aliphatic carbocycles. The molecule has 0 saturated heterocycles. The van der Waals surface area contributed by atoms with Crippen molar-refractivity contribution < 1.29 is 13.8 Å². The summed E-state index contributed by atoms with van der Waals surface area (Å²) in [5, 5.41) is 0. The number of benzene rings is 1. The van der Waals surface area contributed by atoms with Crippen LogP contribution < -0.4 is 4.90 Å². The van der Waals surface area contributed by atoms with E-state index in [0.29, 0.717) is 22.7 Å². The third-order valence-electron chi connectivity index (χ3n) is 2.77. The second-order valence-electron chi connectivity index (χ2n) is 3.87. The van der Waals surface area contributed by atoms with E-state index in [1.165, 1.54) is 6.92 Å². The van der Waals surface area contributed by atoms with Crippen LogP contribution in [0.1, 0.15) is 24.2 Å². The van der Waals surface area contributed by atoms with Crippen molar-refractivity contribution in [2.24, 2.45) is 0 Å². The molecular formula is C12H13NO3S. The number of fused-ring (bicyclic) bond motifs is 1. The molecule has 0 bridgehead atoms. The van der Waals surface area contributed by atoms with Crippen LogP contribution in [0.25, 0.3) is 0 Å². The average molecular weight is 251 g/mol. The lowest BCUT2D eigenvalue weighted by Gasteiger charge is -2.27. The fourth-order valence-electron chi connectivity index (χ4n) is 1.89. The van der Waals surface area contributed by atoms with E-state index in [9.17, 15) is 13.8 Å². The Labute approximate surface area is 102 Å². The van der Waals surface area contributed by atoms with Gasteiger partial charge in [0.15, 0.2) is 5.78 Å². The zero-order valence-electron chi connectivity index (χ0n) is 9.73. The van der Waals surface area contributed by atoms with Crippen molar-refractivity contribution in [1.29, 1.82) is 0 Å². The van der Waals surface area contributed by atoms with E-state index in [1.54, 1.807) is 23.1 Å². The summed E-state index contributed by atoms with van der Waals surface area (Å²) >= 11 is 0. The number of carbonyl (C=O) groups excluding carboxylic acids is 2. The zero-order valence-corrected chi connectivity index (χ0v) is 10.5. The summed E-state index contributed by atoms with van der Waals surface area (Å²) in [6.07, 6.45) is 0. The number of nitrogens with zero attached hydrogens (tertiary/aromatic N) is 1. The molecule has 0 saturated carbocycles. The van der Waals surface area contributed by atoms with Gasteiger partial charge in [-0.25, -0.2) is 0 Å². The van der Waals surface area contributed by atoms with E-state index in [-0.39, 0.29) is 17.4 Å². The third kappa shape index (κ3) is 2.02. The van der Waals surface area contributed by atoms with E-state index in [0.717, 1.165) is 0 Å². The highest BCUT2D eigenvalue weighted by atomic mass is 32.2. The van der Waals surface area contributed by atoms with Gasteiger partial charge in [0.1, 0.15) is 5.75 Å². The van der Waals surface area contributed by atoms with Gasteiger partial charge in [0.05, 0.1) is 21.4 Å². The molecule has 0 radical (unpaired) electrons. The van der Waals surface area contributed by atoms with E-state index in [4.69, 9.17) is 0 Å². The lowest BCUT2D eigenvalue weighted by Crippen LogP contribution is -2.38. The van der Waals surface area contributed by atoms with Gasteiger partial charge in [-0.15, -0.1) is 0 Å². The normalized spacial score (nSPS) is 19.1. The lowest BCUT2D eigenvalue weighted by atomic mass is 10.1. The highest BCUT2D eigenvalue weighted by Gasteiger charge is 2.28. The Bertz CT molecular complexity index is 524. The van der Waals surface area contributed by atoms with E-state index in [2.05, 4.69) is 0 Å². The molecule has 1 heterocycles. The Hall–Kier alpha value is -1.49. The molecule has 5 heteroatoms. The predicted molar refractivity (Wildman–Crippen MR) is 65.7 cm³/mol. The number of rotatable bonds is 2. The van der Waals surface area contributed by atoms with Gasteiger partial charge >= 0.3 is 0 Å². The van der Waals surface area contributed by atoms with Crippen LogP contribution in [0.2, 0.25) is 0 Å². The smallest absolute Gasteiger partial charge is 0.240 e. The molecule has 1 aromatic carbocycles. The summed E-state index contributed by atoms with van der Waals surface area (Å²) in [6.45, 7) is 3.88. The van der Waals surface area contributed by atoms with Gasteiger partial charge in [0.2, 0.25) is 5.91 Å². The number of anilines is 1. The molecule has 1 aromatic rings. The van der Waals surface area contributed by atoms with Crippen LogP contribution in [0.4, 0.5) is 5.69 Å². The molecule has 4 nitrogen and oxygen atoms in total. The minimum atomic E-state index is -1.34. The molecular weight excluding hydrogens is 238 g/mol. The maximum Gasteiger partial charge on any atom is 0.240 e. The van der Waals surface area contributed by atoms with Gasteiger partial charge in [-0.2, -0.15) is 0 Å². The van der Waals surface area contributed by atoms with E-state index < -0.39 is 10.8 Å². The monoisotopic (exact) mass is 251 g/mol. The average Bonchev–Trinajstić information content (AvgIpc) is 2.29. The van der Waals surface area contributed by atoms with Crippen LogP contribution in [0.3, 0.4) is 0 Å². The fourth-order valence-corrected chi connectivity index (χ4v) is 3.09. The summed E-state index contributed by atoms with van der Waals surface area (Å²) < 4.78 is 11.9. The molecule has 1 aliphatic rings. The number of amides is 1. The first-order valence-electron chi connectivity index (χ1n) is 5.38. The van der Waals surface area contributed by atoms with Gasteiger partial charge in [-0.05, 0) is 32.0 Å². The second kappa shape index (κ2) is 4.41. The Balaban J connectivity index is 2.57. The number of ketones is 1. The molecule has 1 aliphatic heterocycles. The van der Waals surface area contributed by atoms with Crippen LogP contribution in [-0.4, -0.2) is 28.2 Å². The summed E-state index contributed by atoms with van der Waals surface area (Å²) in [6, 6.07) is 4.99. The summed E-state index contributed by atoms with van der Waals surface area (Å²) in [5.41, 5.74) is 1.19. The Morgan fingerprint density at radius 3 is 2.76 bits per heavy atom. The van der Waals surface area contributed by atoms with Gasteiger partial charge in [-0.3, -0.25) is 13.8 Å². The van der Waals surface area contributed by atoms with Crippen LogP contribution in [0, 0.1) is 0 Å². The van der Waals surface area contributed by atoms with Crippen LogP contribution >= 0.6 is 0 Å². The minimum Gasteiger partial charge on any atom is -0.311 e. The molecule has 17 heavy (non-hydrogen) atoms. The summed E-state index contributed by atoms with van der Waals surface area (Å²) in [4.78, 5) is 25.1. The Morgan fingerprint density at radius 2 is 2.18 bits per heavy atom. The molecule has 0 aromatic heterocycles. The zero-order chi connectivity index (χ0) is 12.6. The topological polar surface area (TPSA) is 54.5 Å². The molecule has 2 rings (SSSR count). The van der Waals surface area contributed by atoms with Crippen molar-refractivity contribution in [1.82, 2.24) is 0 Å².